The van der Waals surface area contributed by atoms with Crippen molar-refractivity contribution in [3.8, 4) is 0 Å². The molecule has 0 spiro atoms. The zero-order chi connectivity index (χ0) is 11.5. The molecule has 1 aliphatic rings. The van der Waals surface area contributed by atoms with Crippen LogP contribution in [0.3, 0.4) is 0 Å². The van der Waals surface area contributed by atoms with Crippen molar-refractivity contribution in [3.05, 3.63) is 0 Å². The quantitative estimate of drug-likeness (QED) is 0.629. The van der Waals surface area contributed by atoms with E-state index in [4.69, 9.17) is 0 Å². The molecule has 15 heavy (non-hydrogen) atoms. The molecule has 3 N–H and O–H groups in total. The number of carbonyl (C=O) groups excluding carboxylic acids is 1. The maximum Gasteiger partial charge on any atom is 0.226 e. The first-order valence-corrected chi connectivity index (χ1v) is 5.61. The average molecular weight is 214 g/mol. The summed E-state index contributed by atoms with van der Waals surface area (Å²) in [6, 6.07) is 0.161. The van der Waals surface area contributed by atoms with E-state index >= 15 is 0 Å². The normalized spacial score (nSPS) is 26.7. The second-order valence-corrected chi connectivity index (χ2v) is 4.95. The monoisotopic (exact) mass is 214 g/mol. The van der Waals surface area contributed by atoms with Crippen molar-refractivity contribution in [1.82, 2.24) is 10.6 Å². The van der Waals surface area contributed by atoms with Gasteiger partial charge in [-0.1, -0.05) is 0 Å². The second kappa shape index (κ2) is 4.94. The summed E-state index contributed by atoms with van der Waals surface area (Å²) in [5, 5.41) is 15.5. The number of nitrogens with one attached hydrogen (secondary N) is 2. The molecule has 2 atom stereocenters. The van der Waals surface area contributed by atoms with Gasteiger partial charge in [-0.15, -0.1) is 0 Å². The van der Waals surface area contributed by atoms with Gasteiger partial charge in [-0.05, 0) is 33.1 Å². The summed E-state index contributed by atoms with van der Waals surface area (Å²) < 4.78 is 0. The molecule has 88 valence electrons. The maximum absolute atomic E-state index is 11.5. The fraction of sp³-hybridized carbons (Fsp3) is 0.909. The Labute approximate surface area is 91.4 Å². The van der Waals surface area contributed by atoms with Gasteiger partial charge in [0.1, 0.15) is 0 Å². The Morgan fingerprint density at radius 2 is 2.13 bits per heavy atom. The van der Waals surface area contributed by atoms with Crippen molar-refractivity contribution in [2.24, 2.45) is 5.41 Å². The van der Waals surface area contributed by atoms with Crippen LogP contribution in [-0.4, -0.2) is 36.8 Å². The van der Waals surface area contributed by atoms with Crippen LogP contribution < -0.4 is 10.6 Å². The SMILES string of the molecule is CNC(=O)C(C)(C)CN[C@@H]1CCC[C@H]1O. The van der Waals surface area contributed by atoms with Crippen LogP contribution in [0.2, 0.25) is 0 Å². The van der Waals surface area contributed by atoms with Gasteiger partial charge >= 0.3 is 0 Å². The van der Waals surface area contributed by atoms with E-state index in [0.29, 0.717) is 6.54 Å². The molecule has 0 aromatic heterocycles. The third-order valence-electron chi connectivity index (χ3n) is 3.13. The minimum atomic E-state index is -0.420. The lowest BCUT2D eigenvalue weighted by Gasteiger charge is -2.26. The van der Waals surface area contributed by atoms with Gasteiger partial charge in [0.15, 0.2) is 0 Å². The highest BCUT2D eigenvalue weighted by atomic mass is 16.3. The van der Waals surface area contributed by atoms with Crippen LogP contribution in [0.4, 0.5) is 0 Å². The molecule has 1 rings (SSSR count). The van der Waals surface area contributed by atoms with Crippen LogP contribution in [0.25, 0.3) is 0 Å². The summed E-state index contributed by atoms with van der Waals surface area (Å²) in [7, 11) is 1.65. The van der Waals surface area contributed by atoms with Crippen molar-refractivity contribution in [1.29, 1.82) is 0 Å². The van der Waals surface area contributed by atoms with E-state index in [9.17, 15) is 9.90 Å². The highest BCUT2D eigenvalue weighted by Crippen LogP contribution is 2.21. The molecule has 1 amide bonds. The fourth-order valence-corrected chi connectivity index (χ4v) is 1.98. The number of hydrogen-bond donors (Lipinski definition) is 3. The van der Waals surface area contributed by atoms with Crippen molar-refractivity contribution in [3.63, 3.8) is 0 Å². The van der Waals surface area contributed by atoms with E-state index in [2.05, 4.69) is 10.6 Å². The van der Waals surface area contributed by atoms with Crippen molar-refractivity contribution >= 4 is 5.91 Å². The Morgan fingerprint density at radius 1 is 1.47 bits per heavy atom. The number of aliphatic hydroxyl groups is 1. The Balaban J connectivity index is 2.38. The molecule has 0 heterocycles. The fourth-order valence-electron chi connectivity index (χ4n) is 1.98. The summed E-state index contributed by atoms with van der Waals surface area (Å²) in [6.45, 7) is 4.41. The molecule has 0 saturated heterocycles. The summed E-state index contributed by atoms with van der Waals surface area (Å²) in [6.07, 6.45) is 2.70. The molecule has 4 nitrogen and oxygen atoms in total. The number of aliphatic hydroxyl groups excluding tert-OH is 1. The standard InChI is InChI=1S/C11H22N2O2/c1-11(2,10(15)12-3)7-13-8-5-4-6-9(8)14/h8-9,13-14H,4-7H2,1-3H3,(H,12,15)/t8-,9-/m1/s1. The Kier molecular flexibility index (Phi) is 4.11. The topological polar surface area (TPSA) is 61.4 Å². The molecule has 0 bridgehead atoms. The van der Waals surface area contributed by atoms with E-state index in [1.54, 1.807) is 7.05 Å². The van der Waals surface area contributed by atoms with Crippen LogP contribution >= 0.6 is 0 Å². The molecule has 1 aliphatic carbocycles. The number of carbonyl (C=O) groups is 1. The zero-order valence-corrected chi connectivity index (χ0v) is 9.84. The van der Waals surface area contributed by atoms with Gasteiger partial charge in [-0.2, -0.15) is 0 Å². The van der Waals surface area contributed by atoms with Gasteiger partial charge in [-0.25, -0.2) is 0 Å². The first-order chi connectivity index (χ1) is 6.97. The van der Waals surface area contributed by atoms with Gasteiger partial charge in [0, 0.05) is 19.6 Å². The molecule has 1 fully saturated rings. The second-order valence-electron chi connectivity index (χ2n) is 4.95. The molecule has 0 aliphatic heterocycles. The van der Waals surface area contributed by atoms with Crippen LogP contribution in [-0.2, 0) is 4.79 Å². The van der Waals surface area contributed by atoms with E-state index in [0.717, 1.165) is 19.3 Å². The molecule has 0 aromatic carbocycles. The van der Waals surface area contributed by atoms with Crippen LogP contribution in [0, 0.1) is 5.41 Å². The minimum Gasteiger partial charge on any atom is -0.392 e. The molecule has 1 saturated carbocycles. The molecular formula is C11H22N2O2. The van der Waals surface area contributed by atoms with Crippen LogP contribution in [0.1, 0.15) is 33.1 Å². The Bertz CT molecular complexity index is 229. The largest absolute Gasteiger partial charge is 0.392 e. The van der Waals surface area contributed by atoms with E-state index in [1.165, 1.54) is 0 Å². The van der Waals surface area contributed by atoms with Crippen LogP contribution in [0.5, 0.6) is 0 Å². The first kappa shape index (κ1) is 12.5. The van der Waals surface area contributed by atoms with Gasteiger partial charge in [0.05, 0.1) is 11.5 Å². The predicted octanol–water partition coefficient (Wildman–Crippen LogP) is 0.262. The maximum atomic E-state index is 11.5. The zero-order valence-electron chi connectivity index (χ0n) is 9.84. The number of hydrogen-bond acceptors (Lipinski definition) is 3. The molecule has 0 unspecified atom stereocenters. The lowest BCUT2D eigenvalue weighted by atomic mass is 9.92. The Morgan fingerprint density at radius 3 is 2.60 bits per heavy atom. The van der Waals surface area contributed by atoms with Crippen molar-refractivity contribution in [2.45, 2.75) is 45.3 Å². The Hall–Kier alpha value is -0.610. The van der Waals surface area contributed by atoms with E-state index in [-0.39, 0.29) is 18.1 Å². The predicted molar refractivity (Wildman–Crippen MR) is 59.5 cm³/mol. The molecular weight excluding hydrogens is 192 g/mol. The van der Waals surface area contributed by atoms with E-state index in [1.807, 2.05) is 13.8 Å². The van der Waals surface area contributed by atoms with E-state index < -0.39 is 5.41 Å². The third-order valence-corrected chi connectivity index (χ3v) is 3.13. The molecule has 4 heteroatoms. The highest BCUT2D eigenvalue weighted by molar-refractivity contribution is 5.81. The summed E-state index contributed by atoms with van der Waals surface area (Å²) in [4.78, 5) is 11.5. The van der Waals surface area contributed by atoms with Crippen molar-refractivity contribution in [2.75, 3.05) is 13.6 Å². The highest BCUT2D eigenvalue weighted by Gasteiger charge is 2.30. The average Bonchev–Trinajstić information content (AvgIpc) is 2.60. The number of rotatable bonds is 4. The van der Waals surface area contributed by atoms with Gasteiger partial charge in [0.25, 0.3) is 0 Å². The lowest BCUT2D eigenvalue weighted by Crippen LogP contribution is -2.46. The smallest absolute Gasteiger partial charge is 0.226 e. The summed E-state index contributed by atoms with van der Waals surface area (Å²) >= 11 is 0. The third kappa shape index (κ3) is 3.18. The molecule has 0 aromatic rings. The summed E-state index contributed by atoms with van der Waals surface area (Å²) in [5.41, 5.74) is -0.420. The van der Waals surface area contributed by atoms with Gasteiger partial charge < -0.3 is 15.7 Å². The van der Waals surface area contributed by atoms with Crippen molar-refractivity contribution < 1.29 is 9.90 Å². The van der Waals surface area contributed by atoms with Gasteiger partial charge in [-0.3, -0.25) is 4.79 Å². The van der Waals surface area contributed by atoms with Crippen LogP contribution in [0.15, 0.2) is 0 Å². The first-order valence-electron chi connectivity index (χ1n) is 5.61. The van der Waals surface area contributed by atoms with Gasteiger partial charge in [0.2, 0.25) is 5.91 Å². The minimum absolute atomic E-state index is 0.0301. The number of amides is 1. The summed E-state index contributed by atoms with van der Waals surface area (Å²) in [5.74, 6) is 0.0301. The molecule has 0 radical (unpaired) electrons. The lowest BCUT2D eigenvalue weighted by molar-refractivity contribution is -0.128.